The number of hydrogen-bond acceptors (Lipinski definition) is 6. The van der Waals surface area contributed by atoms with Gasteiger partial charge in [-0.15, -0.1) is 0 Å². The van der Waals surface area contributed by atoms with E-state index in [9.17, 15) is 14.7 Å². The molecule has 20 heavy (non-hydrogen) atoms. The van der Waals surface area contributed by atoms with Crippen LogP contribution in [0.3, 0.4) is 0 Å². The second-order valence-corrected chi connectivity index (χ2v) is 4.69. The number of ether oxygens (including phenoxy) is 2. The van der Waals surface area contributed by atoms with Gasteiger partial charge in [0.05, 0.1) is 13.2 Å². The monoisotopic (exact) mass is 290 g/mol. The maximum absolute atomic E-state index is 11.4. The predicted octanol–water partition coefficient (Wildman–Crippen LogP) is 1.18. The van der Waals surface area contributed by atoms with Gasteiger partial charge >= 0.3 is 11.9 Å². The minimum absolute atomic E-state index is 0.00889. The van der Waals surface area contributed by atoms with Gasteiger partial charge in [0.15, 0.2) is 0 Å². The van der Waals surface area contributed by atoms with Crippen molar-refractivity contribution in [1.82, 2.24) is 0 Å². The molecule has 0 aromatic carbocycles. The number of esters is 2. The number of carbonyl (C=O) groups is 2. The standard InChI is InChI=1S/C14H26O6/c1-19-13(17)8-4-5-9-14(18)20-11-12(16)7-3-2-6-10-15/h12,15-16H,2-11H2,1H3. The highest BCUT2D eigenvalue weighted by atomic mass is 16.5. The molecule has 0 saturated heterocycles. The summed E-state index contributed by atoms with van der Waals surface area (Å²) in [5.74, 6) is -0.638. The molecule has 0 aromatic rings. The van der Waals surface area contributed by atoms with Gasteiger partial charge in [-0.1, -0.05) is 12.8 Å². The molecule has 6 heteroatoms. The summed E-state index contributed by atoms with van der Waals surface area (Å²) in [5, 5.41) is 18.2. The first-order valence-corrected chi connectivity index (χ1v) is 7.11. The lowest BCUT2D eigenvalue weighted by molar-refractivity contribution is -0.147. The maximum atomic E-state index is 11.4. The summed E-state index contributed by atoms with van der Waals surface area (Å²) in [4.78, 5) is 22.2. The molecule has 0 aliphatic carbocycles. The lowest BCUT2D eigenvalue weighted by Gasteiger charge is -2.11. The number of carbonyl (C=O) groups excluding carboxylic acids is 2. The zero-order valence-electron chi connectivity index (χ0n) is 12.2. The highest BCUT2D eigenvalue weighted by Gasteiger charge is 2.09. The third kappa shape index (κ3) is 11.9. The van der Waals surface area contributed by atoms with E-state index in [2.05, 4.69) is 4.74 Å². The van der Waals surface area contributed by atoms with Crippen molar-refractivity contribution >= 4 is 11.9 Å². The minimum atomic E-state index is -0.646. The van der Waals surface area contributed by atoms with Crippen LogP contribution in [-0.2, 0) is 19.1 Å². The number of rotatable bonds is 12. The smallest absolute Gasteiger partial charge is 0.305 e. The quantitative estimate of drug-likeness (QED) is 0.414. The van der Waals surface area contributed by atoms with Crippen LogP contribution in [0, 0.1) is 0 Å². The van der Waals surface area contributed by atoms with Gasteiger partial charge in [-0.25, -0.2) is 0 Å². The molecule has 1 atom stereocenters. The number of methoxy groups -OCH3 is 1. The van der Waals surface area contributed by atoms with Gasteiger partial charge in [0.2, 0.25) is 0 Å². The van der Waals surface area contributed by atoms with E-state index in [-0.39, 0.29) is 31.6 Å². The zero-order chi connectivity index (χ0) is 15.2. The summed E-state index contributed by atoms with van der Waals surface area (Å²) in [6.07, 6.45) is 4.01. The maximum Gasteiger partial charge on any atom is 0.305 e. The number of unbranched alkanes of at least 4 members (excludes halogenated alkanes) is 3. The molecule has 0 saturated carbocycles. The fourth-order valence-corrected chi connectivity index (χ4v) is 1.65. The lowest BCUT2D eigenvalue weighted by Crippen LogP contribution is -2.18. The van der Waals surface area contributed by atoms with Gasteiger partial charge in [0.25, 0.3) is 0 Å². The van der Waals surface area contributed by atoms with Gasteiger partial charge in [-0.2, -0.15) is 0 Å². The second-order valence-electron chi connectivity index (χ2n) is 4.69. The van der Waals surface area contributed by atoms with Crippen molar-refractivity contribution in [3.8, 4) is 0 Å². The van der Waals surface area contributed by atoms with Crippen molar-refractivity contribution in [2.24, 2.45) is 0 Å². The van der Waals surface area contributed by atoms with Gasteiger partial charge in [0.1, 0.15) is 6.61 Å². The van der Waals surface area contributed by atoms with E-state index in [1.807, 2.05) is 0 Å². The summed E-state index contributed by atoms with van der Waals surface area (Å²) in [6.45, 7) is 0.172. The predicted molar refractivity (Wildman–Crippen MR) is 73.0 cm³/mol. The Morgan fingerprint density at radius 1 is 1.00 bits per heavy atom. The van der Waals surface area contributed by atoms with Crippen LogP contribution >= 0.6 is 0 Å². The Morgan fingerprint density at radius 2 is 1.65 bits per heavy atom. The van der Waals surface area contributed by atoms with Gasteiger partial charge in [0, 0.05) is 19.4 Å². The van der Waals surface area contributed by atoms with E-state index in [4.69, 9.17) is 9.84 Å². The molecule has 0 radical (unpaired) electrons. The van der Waals surface area contributed by atoms with E-state index >= 15 is 0 Å². The minimum Gasteiger partial charge on any atom is -0.469 e. The van der Waals surface area contributed by atoms with Gasteiger partial charge < -0.3 is 19.7 Å². The third-order valence-corrected chi connectivity index (χ3v) is 2.87. The van der Waals surface area contributed by atoms with Crippen molar-refractivity contribution in [3.63, 3.8) is 0 Å². The van der Waals surface area contributed by atoms with Crippen LogP contribution in [0.1, 0.15) is 51.4 Å². The van der Waals surface area contributed by atoms with Crippen LogP contribution in [0.2, 0.25) is 0 Å². The Bertz CT molecular complexity index is 266. The first-order valence-electron chi connectivity index (χ1n) is 7.11. The molecule has 0 spiro atoms. The van der Waals surface area contributed by atoms with E-state index in [1.54, 1.807) is 0 Å². The first kappa shape index (κ1) is 18.9. The van der Waals surface area contributed by atoms with Crippen LogP contribution in [0.4, 0.5) is 0 Å². The van der Waals surface area contributed by atoms with Crippen molar-refractivity contribution in [3.05, 3.63) is 0 Å². The van der Waals surface area contributed by atoms with Gasteiger partial charge in [-0.05, 0) is 25.7 Å². The largest absolute Gasteiger partial charge is 0.469 e. The Kier molecular flexibility index (Phi) is 12.1. The molecular formula is C14H26O6. The number of aliphatic hydroxyl groups excluding tert-OH is 2. The Hall–Kier alpha value is -1.14. The normalized spacial score (nSPS) is 11.9. The fraction of sp³-hybridized carbons (Fsp3) is 0.857. The Labute approximate surface area is 120 Å². The van der Waals surface area contributed by atoms with E-state index in [0.29, 0.717) is 25.7 Å². The topological polar surface area (TPSA) is 93.1 Å². The van der Waals surface area contributed by atoms with Crippen LogP contribution in [0.15, 0.2) is 0 Å². The Morgan fingerprint density at radius 3 is 2.25 bits per heavy atom. The average molecular weight is 290 g/mol. The molecule has 0 bridgehead atoms. The fourth-order valence-electron chi connectivity index (χ4n) is 1.65. The number of aliphatic hydroxyl groups is 2. The first-order chi connectivity index (χ1) is 9.60. The molecule has 6 nitrogen and oxygen atoms in total. The van der Waals surface area contributed by atoms with E-state index in [0.717, 1.165) is 19.3 Å². The van der Waals surface area contributed by atoms with E-state index in [1.165, 1.54) is 7.11 Å². The summed E-state index contributed by atoms with van der Waals surface area (Å²) in [6, 6.07) is 0. The van der Waals surface area contributed by atoms with Crippen LogP contribution in [0.25, 0.3) is 0 Å². The molecule has 118 valence electrons. The van der Waals surface area contributed by atoms with Crippen molar-refractivity contribution < 1.29 is 29.3 Å². The zero-order valence-corrected chi connectivity index (χ0v) is 12.2. The highest BCUT2D eigenvalue weighted by molar-refractivity contribution is 5.70. The molecule has 0 fully saturated rings. The molecule has 0 amide bonds. The summed E-state index contributed by atoms with van der Waals surface area (Å²) < 4.78 is 9.43. The molecule has 0 aliphatic heterocycles. The van der Waals surface area contributed by atoms with Gasteiger partial charge in [-0.3, -0.25) is 9.59 Å². The SMILES string of the molecule is COC(=O)CCCCC(=O)OCC(O)CCCCCO. The second kappa shape index (κ2) is 12.9. The number of hydrogen-bond donors (Lipinski definition) is 2. The lowest BCUT2D eigenvalue weighted by atomic mass is 10.1. The molecule has 0 heterocycles. The molecule has 1 unspecified atom stereocenters. The third-order valence-electron chi connectivity index (χ3n) is 2.87. The van der Waals surface area contributed by atoms with Crippen molar-refractivity contribution in [2.75, 3.05) is 20.3 Å². The molecule has 0 aromatic heterocycles. The van der Waals surface area contributed by atoms with Crippen molar-refractivity contribution in [2.45, 2.75) is 57.5 Å². The highest BCUT2D eigenvalue weighted by Crippen LogP contribution is 2.06. The average Bonchev–Trinajstić information content (AvgIpc) is 2.45. The Balaban J connectivity index is 3.45. The summed E-state index contributed by atoms with van der Waals surface area (Å²) in [7, 11) is 1.33. The molecular weight excluding hydrogens is 264 g/mol. The molecule has 0 aliphatic rings. The van der Waals surface area contributed by atoms with E-state index < -0.39 is 6.10 Å². The summed E-state index contributed by atoms with van der Waals surface area (Å²) in [5.41, 5.74) is 0. The van der Waals surface area contributed by atoms with Crippen LogP contribution in [-0.4, -0.2) is 48.6 Å². The molecule has 2 N–H and O–H groups in total. The van der Waals surface area contributed by atoms with Crippen molar-refractivity contribution in [1.29, 1.82) is 0 Å². The summed E-state index contributed by atoms with van der Waals surface area (Å²) >= 11 is 0. The van der Waals surface area contributed by atoms with Crippen LogP contribution < -0.4 is 0 Å². The van der Waals surface area contributed by atoms with Crippen LogP contribution in [0.5, 0.6) is 0 Å². The molecule has 0 rings (SSSR count).